The number of benzene rings is 2. The minimum atomic E-state index is -0.537. The number of allylic oxidation sites excluding steroid dienone is 1. The van der Waals surface area contributed by atoms with E-state index in [9.17, 15) is 9.59 Å². The van der Waals surface area contributed by atoms with Gasteiger partial charge >= 0.3 is 5.97 Å². The van der Waals surface area contributed by atoms with E-state index in [-0.39, 0.29) is 11.5 Å². The van der Waals surface area contributed by atoms with Gasteiger partial charge in [-0.3, -0.25) is 9.69 Å². The van der Waals surface area contributed by atoms with Crippen LogP contribution in [0, 0.1) is 20.8 Å². The topological polar surface area (TPSA) is 51.5 Å². The highest BCUT2D eigenvalue weighted by Gasteiger charge is 2.38. The summed E-state index contributed by atoms with van der Waals surface area (Å²) in [6.07, 6.45) is 1.77. The number of carbonyl (C=O) groups excluding carboxylic acids is 2. The van der Waals surface area contributed by atoms with Gasteiger partial charge in [-0.05, 0) is 75.2 Å². The second-order valence-electron chi connectivity index (χ2n) is 8.08. The van der Waals surface area contributed by atoms with Crippen molar-refractivity contribution in [3.63, 3.8) is 0 Å². The number of para-hydroxylation sites is 1. The van der Waals surface area contributed by atoms with Crippen molar-refractivity contribution in [2.75, 3.05) is 12.0 Å². The lowest BCUT2D eigenvalue weighted by atomic mass is 10.0. The van der Waals surface area contributed by atoms with Gasteiger partial charge in [-0.15, -0.1) is 0 Å². The molecule has 0 saturated heterocycles. The monoisotopic (exact) mass is 460 g/mol. The summed E-state index contributed by atoms with van der Waals surface area (Å²) in [6.45, 7) is 7.70. The van der Waals surface area contributed by atoms with Crippen LogP contribution >= 0.6 is 11.6 Å². The molecule has 1 amide bonds. The molecule has 5 nitrogen and oxygen atoms in total. The van der Waals surface area contributed by atoms with E-state index in [1.165, 1.54) is 7.11 Å². The van der Waals surface area contributed by atoms with Crippen LogP contribution in [0.15, 0.2) is 71.4 Å². The Bertz CT molecular complexity index is 1330. The number of aryl methyl sites for hydroxylation is 2. The molecule has 0 bridgehead atoms. The lowest BCUT2D eigenvalue weighted by Gasteiger charge is -2.17. The van der Waals surface area contributed by atoms with Crippen molar-refractivity contribution in [1.29, 1.82) is 0 Å². The molecule has 2 aromatic carbocycles. The van der Waals surface area contributed by atoms with Crippen LogP contribution in [-0.4, -0.2) is 23.6 Å². The zero-order chi connectivity index (χ0) is 23.9. The summed E-state index contributed by atoms with van der Waals surface area (Å²) in [4.78, 5) is 27.7. The van der Waals surface area contributed by atoms with Crippen molar-refractivity contribution in [2.45, 2.75) is 27.7 Å². The van der Waals surface area contributed by atoms with Crippen LogP contribution in [0.1, 0.15) is 29.4 Å². The van der Waals surface area contributed by atoms with Gasteiger partial charge in [-0.25, -0.2) is 4.79 Å². The molecule has 0 atom stereocenters. The minimum absolute atomic E-state index is 0.262. The maximum absolute atomic E-state index is 13.5. The van der Waals surface area contributed by atoms with Gasteiger partial charge in [0.15, 0.2) is 0 Å². The number of amides is 1. The number of carbonyl (C=O) groups is 2. The number of halogens is 1. The molecule has 0 unspecified atom stereocenters. The van der Waals surface area contributed by atoms with Crippen molar-refractivity contribution in [2.24, 2.45) is 0 Å². The smallest absolute Gasteiger partial charge is 0.340 e. The molecule has 4 rings (SSSR count). The summed E-state index contributed by atoms with van der Waals surface area (Å²) in [5.74, 6) is -0.799. The highest BCUT2D eigenvalue weighted by atomic mass is 35.5. The summed E-state index contributed by atoms with van der Waals surface area (Å²) >= 11 is 6.36. The third kappa shape index (κ3) is 3.89. The van der Waals surface area contributed by atoms with Crippen molar-refractivity contribution in [1.82, 2.24) is 4.57 Å². The first-order valence-electron chi connectivity index (χ1n) is 10.6. The lowest BCUT2D eigenvalue weighted by Crippen LogP contribution is -2.24. The molecule has 0 N–H and O–H groups in total. The van der Waals surface area contributed by atoms with Crippen LogP contribution < -0.4 is 4.90 Å². The summed E-state index contributed by atoms with van der Waals surface area (Å²) in [7, 11) is 1.32. The average molecular weight is 461 g/mol. The van der Waals surface area contributed by atoms with E-state index in [1.807, 2.05) is 75.4 Å². The van der Waals surface area contributed by atoms with Crippen LogP contribution in [0.3, 0.4) is 0 Å². The second kappa shape index (κ2) is 8.75. The number of ether oxygens (including phenoxy) is 1. The van der Waals surface area contributed by atoms with Crippen LogP contribution in [-0.2, 0) is 14.3 Å². The fourth-order valence-electron chi connectivity index (χ4n) is 4.28. The van der Waals surface area contributed by atoms with Gasteiger partial charge < -0.3 is 9.30 Å². The SMILES string of the molecule is COC(=O)C1=C(C)N(c2ccccc2)C(=O)/C1=C\c1cc(C)n(-c2ccc(C)c(Cl)c2)c1C. The average Bonchev–Trinajstić information content (AvgIpc) is 3.21. The highest BCUT2D eigenvalue weighted by molar-refractivity contribution is 6.31. The number of hydrogen-bond donors (Lipinski definition) is 0. The Morgan fingerprint density at radius 1 is 0.970 bits per heavy atom. The maximum Gasteiger partial charge on any atom is 0.340 e. The van der Waals surface area contributed by atoms with E-state index < -0.39 is 5.97 Å². The number of methoxy groups -OCH3 is 1. The molecule has 0 fully saturated rings. The summed E-state index contributed by atoms with van der Waals surface area (Å²) < 4.78 is 7.11. The fourth-order valence-corrected chi connectivity index (χ4v) is 4.45. The van der Waals surface area contributed by atoms with E-state index in [1.54, 1.807) is 17.9 Å². The number of rotatable bonds is 4. The van der Waals surface area contributed by atoms with Gasteiger partial charge in [0.1, 0.15) is 0 Å². The molecule has 0 radical (unpaired) electrons. The molecule has 2 heterocycles. The van der Waals surface area contributed by atoms with Crippen molar-refractivity contribution in [3.05, 3.63) is 99.0 Å². The largest absolute Gasteiger partial charge is 0.465 e. The number of hydrogen-bond acceptors (Lipinski definition) is 3. The van der Waals surface area contributed by atoms with Gasteiger partial charge in [-0.1, -0.05) is 35.9 Å². The third-order valence-corrected chi connectivity index (χ3v) is 6.39. The normalized spacial score (nSPS) is 15.0. The summed E-state index contributed by atoms with van der Waals surface area (Å²) in [5, 5.41) is 0.691. The highest BCUT2D eigenvalue weighted by Crippen LogP contribution is 2.36. The van der Waals surface area contributed by atoms with Crippen LogP contribution in [0.2, 0.25) is 5.02 Å². The zero-order valence-corrected chi connectivity index (χ0v) is 20.0. The summed E-state index contributed by atoms with van der Waals surface area (Å²) in [5.41, 5.74) is 6.54. The minimum Gasteiger partial charge on any atom is -0.465 e. The molecule has 3 aromatic rings. The second-order valence-corrected chi connectivity index (χ2v) is 8.49. The fraction of sp³-hybridized carbons (Fsp3) is 0.185. The lowest BCUT2D eigenvalue weighted by molar-refractivity contribution is -0.136. The molecule has 0 spiro atoms. The van der Waals surface area contributed by atoms with Gasteiger partial charge in [-0.2, -0.15) is 0 Å². The molecule has 0 aliphatic carbocycles. The Hall–Kier alpha value is -3.57. The Labute approximate surface area is 198 Å². The predicted octanol–water partition coefficient (Wildman–Crippen LogP) is 5.93. The molecular weight excluding hydrogens is 436 g/mol. The quantitative estimate of drug-likeness (QED) is 0.358. The Morgan fingerprint density at radius 2 is 1.67 bits per heavy atom. The van der Waals surface area contributed by atoms with E-state index in [0.717, 1.165) is 28.2 Å². The molecule has 168 valence electrons. The van der Waals surface area contributed by atoms with Crippen molar-refractivity contribution in [3.8, 4) is 5.69 Å². The van der Waals surface area contributed by atoms with Crippen LogP contribution in [0.4, 0.5) is 5.69 Å². The first kappa shape index (κ1) is 22.6. The number of esters is 1. The molecule has 1 aliphatic heterocycles. The standard InChI is InChI=1S/C27H25ClN2O3/c1-16-11-12-22(15-24(16)28)29-17(2)13-20(18(29)3)14-23-25(27(32)33-5)19(4)30(26(23)31)21-9-7-6-8-10-21/h6-15H,1-5H3/b23-14-. The van der Waals surface area contributed by atoms with E-state index in [0.29, 0.717) is 22.0 Å². The van der Waals surface area contributed by atoms with E-state index in [4.69, 9.17) is 16.3 Å². The van der Waals surface area contributed by atoms with Crippen LogP contribution in [0.25, 0.3) is 11.8 Å². The van der Waals surface area contributed by atoms with Gasteiger partial charge in [0.25, 0.3) is 5.91 Å². The zero-order valence-electron chi connectivity index (χ0n) is 19.3. The van der Waals surface area contributed by atoms with Gasteiger partial charge in [0.05, 0.1) is 18.3 Å². The molecule has 1 aromatic heterocycles. The van der Waals surface area contributed by atoms with Crippen LogP contribution in [0.5, 0.6) is 0 Å². The number of anilines is 1. The third-order valence-electron chi connectivity index (χ3n) is 5.99. The molecule has 0 saturated carbocycles. The Morgan fingerprint density at radius 3 is 2.30 bits per heavy atom. The number of aromatic nitrogens is 1. The molecular formula is C27H25ClN2O3. The molecule has 6 heteroatoms. The predicted molar refractivity (Wildman–Crippen MR) is 132 cm³/mol. The Balaban J connectivity index is 1.85. The maximum atomic E-state index is 13.5. The first-order chi connectivity index (χ1) is 15.7. The molecule has 1 aliphatic rings. The summed E-state index contributed by atoms with van der Waals surface area (Å²) in [6, 6.07) is 17.2. The molecule has 33 heavy (non-hydrogen) atoms. The van der Waals surface area contributed by atoms with Crippen molar-refractivity contribution >= 4 is 35.2 Å². The van der Waals surface area contributed by atoms with Crippen molar-refractivity contribution < 1.29 is 14.3 Å². The van der Waals surface area contributed by atoms with E-state index in [2.05, 4.69) is 4.57 Å². The van der Waals surface area contributed by atoms with E-state index >= 15 is 0 Å². The van der Waals surface area contributed by atoms with Gasteiger partial charge in [0, 0.05) is 33.5 Å². The van der Waals surface area contributed by atoms with Gasteiger partial charge in [0.2, 0.25) is 0 Å². The first-order valence-corrected chi connectivity index (χ1v) is 11.0. The number of nitrogens with zero attached hydrogens (tertiary/aromatic N) is 2. The Kier molecular flexibility index (Phi) is 6.00.